The van der Waals surface area contributed by atoms with Gasteiger partial charge < -0.3 is 9.47 Å². The summed E-state index contributed by atoms with van der Waals surface area (Å²) in [5.41, 5.74) is 2.38. The molecule has 0 bridgehead atoms. The maximum absolute atomic E-state index is 13.6. The quantitative estimate of drug-likeness (QED) is 0.295. The van der Waals surface area contributed by atoms with Crippen molar-refractivity contribution < 1.29 is 19.1 Å². The SMILES string of the molecule is COc1ccc(Sc2nc(C(=O)c3ccc(OC)cc3)c3c(c2C#N)-c2ccccc2C3=O)cc1. The van der Waals surface area contributed by atoms with Crippen LogP contribution in [0.25, 0.3) is 11.1 Å². The molecular weight excluding hydrogens is 460 g/mol. The molecule has 5 rings (SSSR count). The van der Waals surface area contributed by atoms with Crippen LogP contribution in [0.2, 0.25) is 0 Å². The van der Waals surface area contributed by atoms with Gasteiger partial charge in [-0.15, -0.1) is 0 Å². The molecular formula is C28H18N2O4S. The molecule has 1 heterocycles. The summed E-state index contributed by atoms with van der Waals surface area (Å²) in [6, 6.07) is 23.3. The highest BCUT2D eigenvalue weighted by atomic mass is 32.2. The number of benzene rings is 3. The molecule has 0 fully saturated rings. The van der Waals surface area contributed by atoms with Crippen LogP contribution in [0.4, 0.5) is 0 Å². The zero-order valence-corrected chi connectivity index (χ0v) is 19.7. The standard InChI is InChI=1S/C28H18N2O4S/c1-33-17-9-7-16(8-10-17)26(31)25-24-23(20-5-3-4-6-21(20)27(24)32)22(15-29)28(30-25)35-19-13-11-18(34-2)12-14-19/h3-14H,1-2H3. The van der Waals surface area contributed by atoms with Crippen molar-refractivity contribution in [3.8, 4) is 28.7 Å². The van der Waals surface area contributed by atoms with Crippen molar-refractivity contribution >= 4 is 23.3 Å². The van der Waals surface area contributed by atoms with Gasteiger partial charge in [-0.05, 0) is 54.1 Å². The van der Waals surface area contributed by atoms with Crippen LogP contribution in [0.3, 0.4) is 0 Å². The molecule has 7 heteroatoms. The highest BCUT2D eigenvalue weighted by molar-refractivity contribution is 7.99. The first-order valence-corrected chi connectivity index (χ1v) is 11.5. The lowest BCUT2D eigenvalue weighted by molar-refractivity contribution is 0.100. The fraction of sp³-hybridized carbons (Fsp3) is 0.0714. The predicted octanol–water partition coefficient (Wildman–Crippen LogP) is 5.56. The second-order valence-corrected chi connectivity index (χ2v) is 8.77. The lowest BCUT2D eigenvalue weighted by Gasteiger charge is -2.13. The van der Waals surface area contributed by atoms with Gasteiger partial charge in [-0.1, -0.05) is 36.0 Å². The topological polar surface area (TPSA) is 89.3 Å². The lowest BCUT2D eigenvalue weighted by Crippen LogP contribution is -2.13. The van der Waals surface area contributed by atoms with Crippen LogP contribution in [-0.4, -0.2) is 30.8 Å². The van der Waals surface area contributed by atoms with Crippen molar-refractivity contribution in [2.45, 2.75) is 9.92 Å². The molecule has 3 aromatic carbocycles. The fourth-order valence-corrected chi connectivity index (χ4v) is 4.95. The predicted molar refractivity (Wildman–Crippen MR) is 131 cm³/mol. The third-order valence-corrected chi connectivity index (χ3v) is 6.78. The van der Waals surface area contributed by atoms with E-state index in [-0.39, 0.29) is 22.6 Å². The minimum atomic E-state index is -0.397. The maximum atomic E-state index is 13.6. The van der Waals surface area contributed by atoms with Crippen molar-refractivity contribution in [2.24, 2.45) is 0 Å². The van der Waals surface area contributed by atoms with E-state index in [1.54, 1.807) is 56.7 Å². The third-order valence-electron chi connectivity index (χ3n) is 5.79. The van der Waals surface area contributed by atoms with Crippen molar-refractivity contribution in [1.29, 1.82) is 5.26 Å². The molecule has 0 radical (unpaired) electrons. The lowest BCUT2D eigenvalue weighted by atomic mass is 9.97. The average molecular weight is 479 g/mol. The Kier molecular flexibility index (Phi) is 5.81. The van der Waals surface area contributed by atoms with Gasteiger partial charge in [0.05, 0.1) is 25.3 Å². The first-order valence-electron chi connectivity index (χ1n) is 10.7. The number of nitrogens with zero attached hydrogens (tertiary/aromatic N) is 2. The van der Waals surface area contributed by atoms with Gasteiger partial charge in [0.1, 0.15) is 28.3 Å². The highest BCUT2D eigenvalue weighted by Crippen LogP contribution is 2.44. The van der Waals surface area contributed by atoms with Gasteiger partial charge in [0.15, 0.2) is 5.78 Å². The van der Waals surface area contributed by atoms with Crippen LogP contribution in [-0.2, 0) is 0 Å². The Labute approximate surface area is 206 Å². The van der Waals surface area contributed by atoms with E-state index in [9.17, 15) is 14.9 Å². The van der Waals surface area contributed by atoms with Crippen LogP contribution < -0.4 is 9.47 Å². The Balaban J connectivity index is 1.72. The smallest absolute Gasteiger partial charge is 0.212 e. The molecule has 0 spiro atoms. The number of carbonyl (C=O) groups is 2. The van der Waals surface area contributed by atoms with E-state index in [4.69, 9.17) is 9.47 Å². The Morgan fingerprint density at radius 3 is 2.06 bits per heavy atom. The Hall–Kier alpha value is -4.41. The van der Waals surface area contributed by atoms with E-state index < -0.39 is 5.78 Å². The average Bonchev–Trinajstić information content (AvgIpc) is 3.21. The van der Waals surface area contributed by atoms with Gasteiger partial charge in [0.25, 0.3) is 0 Å². The molecule has 4 aromatic rings. The molecule has 0 amide bonds. The van der Waals surface area contributed by atoms with Gasteiger partial charge in [-0.2, -0.15) is 5.26 Å². The first-order chi connectivity index (χ1) is 17.0. The van der Waals surface area contributed by atoms with Gasteiger partial charge in [0, 0.05) is 21.6 Å². The molecule has 170 valence electrons. The monoisotopic (exact) mass is 478 g/mol. The van der Waals surface area contributed by atoms with Gasteiger partial charge in [-0.25, -0.2) is 4.98 Å². The van der Waals surface area contributed by atoms with E-state index in [0.29, 0.717) is 38.8 Å². The number of fused-ring (bicyclic) bond motifs is 3. The molecule has 0 unspecified atom stereocenters. The zero-order chi connectivity index (χ0) is 24.5. The molecule has 1 aromatic heterocycles. The molecule has 1 aliphatic carbocycles. The van der Waals surface area contributed by atoms with E-state index in [1.807, 2.05) is 30.3 Å². The van der Waals surface area contributed by atoms with Crippen molar-refractivity contribution in [3.63, 3.8) is 0 Å². The van der Waals surface area contributed by atoms with Crippen LogP contribution in [0.15, 0.2) is 82.7 Å². The molecule has 35 heavy (non-hydrogen) atoms. The number of ether oxygens (including phenoxy) is 2. The zero-order valence-electron chi connectivity index (χ0n) is 18.9. The summed E-state index contributed by atoms with van der Waals surface area (Å²) in [4.78, 5) is 32.5. The van der Waals surface area contributed by atoms with E-state index in [0.717, 1.165) is 4.90 Å². The number of hydrogen-bond donors (Lipinski definition) is 0. The minimum Gasteiger partial charge on any atom is -0.497 e. The number of nitriles is 1. The number of methoxy groups -OCH3 is 2. The number of hydrogen-bond acceptors (Lipinski definition) is 7. The van der Waals surface area contributed by atoms with Gasteiger partial charge in [0.2, 0.25) is 5.78 Å². The van der Waals surface area contributed by atoms with Gasteiger partial charge in [-0.3, -0.25) is 9.59 Å². The van der Waals surface area contributed by atoms with Crippen molar-refractivity contribution in [2.75, 3.05) is 14.2 Å². The molecule has 6 nitrogen and oxygen atoms in total. The van der Waals surface area contributed by atoms with Gasteiger partial charge >= 0.3 is 0 Å². The maximum Gasteiger partial charge on any atom is 0.212 e. The Morgan fingerprint density at radius 1 is 0.857 bits per heavy atom. The fourth-order valence-electron chi connectivity index (χ4n) is 4.06. The van der Waals surface area contributed by atoms with Crippen LogP contribution >= 0.6 is 11.8 Å². The van der Waals surface area contributed by atoms with Crippen molar-refractivity contribution in [1.82, 2.24) is 4.98 Å². The second kappa shape index (κ2) is 9.09. The summed E-state index contributed by atoms with van der Waals surface area (Å²) in [6.07, 6.45) is 0. The number of ketones is 2. The minimum absolute atomic E-state index is 0.0291. The molecule has 0 N–H and O–H groups in total. The Bertz CT molecular complexity index is 1520. The van der Waals surface area contributed by atoms with Crippen LogP contribution in [0.5, 0.6) is 11.5 Å². The summed E-state index contributed by atoms with van der Waals surface area (Å²) < 4.78 is 10.4. The molecule has 1 aliphatic rings. The number of carbonyl (C=O) groups excluding carboxylic acids is 2. The third kappa shape index (κ3) is 3.84. The molecule has 0 saturated heterocycles. The number of rotatable bonds is 6. The molecule has 0 saturated carbocycles. The summed E-state index contributed by atoms with van der Waals surface area (Å²) in [5, 5.41) is 10.5. The van der Waals surface area contributed by atoms with E-state index >= 15 is 0 Å². The summed E-state index contributed by atoms with van der Waals surface area (Å²) in [5.74, 6) is 0.606. The van der Waals surface area contributed by atoms with Crippen LogP contribution in [0.1, 0.15) is 37.5 Å². The number of pyridine rings is 1. The second-order valence-electron chi connectivity index (χ2n) is 7.71. The summed E-state index contributed by atoms with van der Waals surface area (Å²) in [7, 11) is 3.13. The molecule has 0 aliphatic heterocycles. The van der Waals surface area contributed by atoms with E-state index in [2.05, 4.69) is 11.1 Å². The summed E-state index contributed by atoms with van der Waals surface area (Å²) >= 11 is 1.26. The van der Waals surface area contributed by atoms with E-state index in [1.165, 1.54) is 11.8 Å². The normalized spacial score (nSPS) is 11.4. The Morgan fingerprint density at radius 2 is 1.46 bits per heavy atom. The van der Waals surface area contributed by atoms with Crippen molar-refractivity contribution in [3.05, 3.63) is 101 Å². The first kappa shape index (κ1) is 22.4. The number of aromatic nitrogens is 1. The summed E-state index contributed by atoms with van der Waals surface area (Å²) in [6.45, 7) is 0. The largest absolute Gasteiger partial charge is 0.497 e. The highest BCUT2D eigenvalue weighted by Gasteiger charge is 2.36. The van der Waals surface area contributed by atoms with Crippen LogP contribution in [0, 0.1) is 11.3 Å². The molecule has 0 atom stereocenters.